The molecule has 2 aliphatic heterocycles. The average molecular weight is 340 g/mol. The number of rotatable bonds is 6. The normalized spacial score (nSPS) is 20.7. The van der Waals surface area contributed by atoms with Crippen molar-refractivity contribution in [1.29, 1.82) is 0 Å². The molecule has 23 heavy (non-hydrogen) atoms. The maximum Gasteiger partial charge on any atom is 0.151 e. The molecule has 0 aromatic heterocycles. The van der Waals surface area contributed by atoms with Crippen LogP contribution in [0.4, 0.5) is 10.1 Å². The standard InChI is InChI=1S/C17H25FN2O2S/c1-2-23-20-8-6-14(7-9-20)22-15-10-19(11-15)16-5-3-4-13(12-21)17(16)18/h3-5,14-15,21H,2,6-12H2,1H3. The zero-order valence-electron chi connectivity index (χ0n) is 13.6. The van der Waals surface area contributed by atoms with Crippen LogP contribution in [0, 0.1) is 5.82 Å². The lowest BCUT2D eigenvalue weighted by Crippen LogP contribution is -2.54. The minimum absolute atomic E-state index is 0.197. The van der Waals surface area contributed by atoms with Crippen LogP contribution < -0.4 is 4.90 Å². The fraction of sp³-hybridized carbons (Fsp3) is 0.647. The number of halogens is 1. The van der Waals surface area contributed by atoms with E-state index in [1.54, 1.807) is 18.2 Å². The minimum Gasteiger partial charge on any atom is -0.392 e. The van der Waals surface area contributed by atoms with Crippen LogP contribution >= 0.6 is 11.9 Å². The van der Waals surface area contributed by atoms with Crippen molar-refractivity contribution in [2.45, 2.75) is 38.6 Å². The Balaban J connectivity index is 1.45. The second kappa shape index (κ2) is 7.83. The minimum atomic E-state index is -0.307. The molecule has 3 rings (SSSR count). The molecular formula is C17H25FN2O2S. The number of piperidine rings is 1. The molecule has 0 radical (unpaired) electrons. The number of aliphatic hydroxyl groups excluding tert-OH is 1. The zero-order chi connectivity index (χ0) is 16.2. The predicted molar refractivity (Wildman–Crippen MR) is 92.1 cm³/mol. The van der Waals surface area contributed by atoms with Gasteiger partial charge in [-0.1, -0.05) is 31.0 Å². The SMILES string of the molecule is CCSN1CCC(OC2CN(c3cccc(CO)c3F)C2)CC1. The third kappa shape index (κ3) is 3.99. The van der Waals surface area contributed by atoms with Gasteiger partial charge in [0.15, 0.2) is 5.82 Å². The molecule has 0 aliphatic carbocycles. The largest absolute Gasteiger partial charge is 0.392 e. The molecule has 2 heterocycles. The molecule has 0 atom stereocenters. The van der Waals surface area contributed by atoms with E-state index in [9.17, 15) is 4.39 Å². The van der Waals surface area contributed by atoms with Gasteiger partial charge in [0, 0.05) is 37.5 Å². The van der Waals surface area contributed by atoms with E-state index in [0.717, 1.165) is 44.8 Å². The third-order valence-corrected chi connectivity index (χ3v) is 5.50. The van der Waals surface area contributed by atoms with Crippen LogP contribution in [0.5, 0.6) is 0 Å². The quantitative estimate of drug-likeness (QED) is 0.806. The molecule has 2 saturated heterocycles. The monoisotopic (exact) mass is 340 g/mol. The van der Waals surface area contributed by atoms with Gasteiger partial charge in [0.25, 0.3) is 0 Å². The Kier molecular flexibility index (Phi) is 5.80. The highest BCUT2D eigenvalue weighted by molar-refractivity contribution is 7.96. The highest BCUT2D eigenvalue weighted by Gasteiger charge is 2.32. The zero-order valence-corrected chi connectivity index (χ0v) is 14.4. The first-order valence-corrected chi connectivity index (χ1v) is 9.32. The molecule has 0 amide bonds. The van der Waals surface area contributed by atoms with E-state index >= 15 is 0 Å². The molecule has 1 aromatic rings. The first-order chi connectivity index (χ1) is 11.2. The lowest BCUT2D eigenvalue weighted by atomic mass is 10.1. The Hall–Kier alpha value is -0.820. The summed E-state index contributed by atoms with van der Waals surface area (Å²) >= 11 is 1.90. The van der Waals surface area contributed by atoms with Crippen molar-refractivity contribution < 1.29 is 14.2 Å². The molecule has 2 aliphatic rings. The molecule has 0 saturated carbocycles. The number of aliphatic hydroxyl groups is 1. The average Bonchev–Trinajstić information content (AvgIpc) is 2.53. The topological polar surface area (TPSA) is 35.9 Å². The van der Waals surface area contributed by atoms with Gasteiger partial charge in [0.2, 0.25) is 0 Å². The lowest BCUT2D eigenvalue weighted by molar-refractivity contribution is -0.0447. The molecule has 1 aromatic carbocycles. The Bertz CT molecular complexity index is 517. The van der Waals surface area contributed by atoms with Crippen LogP contribution in [0.15, 0.2) is 18.2 Å². The van der Waals surface area contributed by atoms with Gasteiger partial charge >= 0.3 is 0 Å². The number of nitrogens with zero attached hydrogens (tertiary/aromatic N) is 2. The van der Waals surface area contributed by atoms with Crippen LogP contribution in [-0.4, -0.2) is 53.6 Å². The van der Waals surface area contributed by atoms with Gasteiger partial charge in [-0.15, -0.1) is 0 Å². The Morgan fingerprint density at radius 2 is 2.00 bits per heavy atom. The van der Waals surface area contributed by atoms with E-state index in [0.29, 0.717) is 17.4 Å². The van der Waals surface area contributed by atoms with Crippen molar-refractivity contribution >= 4 is 17.6 Å². The van der Waals surface area contributed by atoms with Crippen molar-refractivity contribution in [2.75, 3.05) is 36.8 Å². The summed E-state index contributed by atoms with van der Waals surface area (Å²) in [6.07, 6.45) is 2.70. The number of anilines is 1. The molecule has 0 unspecified atom stereocenters. The van der Waals surface area contributed by atoms with E-state index in [2.05, 4.69) is 11.2 Å². The van der Waals surface area contributed by atoms with Gasteiger partial charge in [-0.3, -0.25) is 4.31 Å². The highest BCUT2D eigenvalue weighted by atomic mass is 32.2. The van der Waals surface area contributed by atoms with E-state index in [4.69, 9.17) is 9.84 Å². The number of hydrogen-bond donors (Lipinski definition) is 1. The van der Waals surface area contributed by atoms with Crippen LogP contribution in [0.2, 0.25) is 0 Å². The molecular weight excluding hydrogens is 315 g/mol. The summed E-state index contributed by atoms with van der Waals surface area (Å²) in [7, 11) is 0. The summed E-state index contributed by atoms with van der Waals surface area (Å²) in [5.41, 5.74) is 0.929. The molecule has 128 valence electrons. The van der Waals surface area contributed by atoms with Gasteiger partial charge in [-0.25, -0.2) is 4.39 Å². The second-order valence-electron chi connectivity index (χ2n) is 6.12. The first kappa shape index (κ1) is 17.0. The molecule has 0 bridgehead atoms. The van der Waals surface area contributed by atoms with Gasteiger partial charge in [-0.05, 0) is 18.9 Å². The summed E-state index contributed by atoms with van der Waals surface area (Å²) in [6, 6.07) is 5.18. The van der Waals surface area contributed by atoms with Gasteiger partial charge < -0.3 is 14.7 Å². The number of hydrogen-bond acceptors (Lipinski definition) is 5. The maximum atomic E-state index is 14.2. The van der Waals surface area contributed by atoms with Crippen LogP contribution in [0.1, 0.15) is 25.3 Å². The lowest BCUT2D eigenvalue weighted by Gasteiger charge is -2.43. The van der Waals surface area contributed by atoms with Gasteiger partial charge in [0.1, 0.15) is 0 Å². The fourth-order valence-electron chi connectivity index (χ4n) is 3.21. The second-order valence-corrected chi connectivity index (χ2v) is 7.47. The number of ether oxygens (including phenoxy) is 1. The van der Waals surface area contributed by atoms with E-state index < -0.39 is 0 Å². The first-order valence-electron chi connectivity index (χ1n) is 8.37. The van der Waals surface area contributed by atoms with E-state index in [1.807, 2.05) is 16.8 Å². The van der Waals surface area contributed by atoms with Crippen LogP contribution in [0.3, 0.4) is 0 Å². The van der Waals surface area contributed by atoms with Gasteiger partial charge in [0.05, 0.1) is 24.5 Å². The maximum absolute atomic E-state index is 14.2. The van der Waals surface area contributed by atoms with Crippen molar-refractivity contribution in [1.82, 2.24) is 4.31 Å². The molecule has 6 heteroatoms. The summed E-state index contributed by atoms with van der Waals surface area (Å²) < 4.78 is 22.8. The molecule has 1 N–H and O–H groups in total. The van der Waals surface area contributed by atoms with E-state index in [-0.39, 0.29) is 18.5 Å². The molecule has 0 spiro atoms. The summed E-state index contributed by atoms with van der Waals surface area (Å²) in [5.74, 6) is 0.819. The number of benzene rings is 1. The smallest absolute Gasteiger partial charge is 0.151 e. The van der Waals surface area contributed by atoms with Crippen molar-refractivity contribution in [3.63, 3.8) is 0 Å². The van der Waals surface area contributed by atoms with Crippen molar-refractivity contribution in [2.24, 2.45) is 0 Å². The Morgan fingerprint density at radius 3 is 2.65 bits per heavy atom. The Labute approximate surface area is 141 Å². The molecule has 4 nitrogen and oxygen atoms in total. The summed E-state index contributed by atoms with van der Waals surface area (Å²) in [5, 5.41) is 9.15. The van der Waals surface area contributed by atoms with Crippen molar-refractivity contribution in [3.05, 3.63) is 29.6 Å². The van der Waals surface area contributed by atoms with Gasteiger partial charge in [-0.2, -0.15) is 0 Å². The van der Waals surface area contributed by atoms with Crippen LogP contribution in [-0.2, 0) is 11.3 Å². The molecule has 2 fully saturated rings. The van der Waals surface area contributed by atoms with Crippen molar-refractivity contribution in [3.8, 4) is 0 Å². The Morgan fingerprint density at radius 1 is 1.26 bits per heavy atom. The summed E-state index contributed by atoms with van der Waals surface area (Å²) in [4.78, 5) is 1.99. The predicted octanol–water partition coefficient (Wildman–Crippen LogP) is 2.66. The summed E-state index contributed by atoms with van der Waals surface area (Å²) in [6.45, 7) is 5.56. The highest BCUT2D eigenvalue weighted by Crippen LogP contribution is 2.29. The fourth-order valence-corrected chi connectivity index (χ4v) is 4.04. The van der Waals surface area contributed by atoms with Crippen LogP contribution in [0.25, 0.3) is 0 Å². The van der Waals surface area contributed by atoms with E-state index in [1.165, 1.54) is 0 Å². The third-order valence-electron chi connectivity index (χ3n) is 4.51.